The van der Waals surface area contributed by atoms with Gasteiger partial charge in [0, 0.05) is 11.6 Å². The lowest BCUT2D eigenvalue weighted by atomic mass is 10.1. The smallest absolute Gasteiger partial charge is 0.316 e. The molecule has 0 aliphatic heterocycles. The van der Waals surface area contributed by atoms with E-state index >= 15 is 0 Å². The highest BCUT2D eigenvalue weighted by atomic mass is 16.5. The summed E-state index contributed by atoms with van der Waals surface area (Å²) in [6, 6.07) is 8.48. The highest BCUT2D eigenvalue weighted by Gasteiger charge is 2.16. The van der Waals surface area contributed by atoms with Crippen molar-refractivity contribution in [2.24, 2.45) is 5.92 Å². The Kier molecular flexibility index (Phi) is 2.90. The predicted octanol–water partition coefficient (Wildman–Crippen LogP) is 3.20. The van der Waals surface area contributed by atoms with E-state index in [1.165, 1.54) is 25.7 Å². The van der Waals surface area contributed by atoms with Crippen LogP contribution in [0.1, 0.15) is 25.7 Å². The highest BCUT2D eigenvalue weighted by Crippen LogP contribution is 2.25. The van der Waals surface area contributed by atoms with Gasteiger partial charge in [-0.3, -0.25) is 0 Å². The third-order valence-electron chi connectivity index (χ3n) is 3.39. The van der Waals surface area contributed by atoms with Crippen LogP contribution in [0.15, 0.2) is 30.5 Å². The van der Waals surface area contributed by atoms with Gasteiger partial charge >= 0.3 is 6.01 Å². The molecule has 1 saturated carbocycles. The van der Waals surface area contributed by atoms with Gasteiger partial charge in [-0.15, -0.1) is 0 Å². The van der Waals surface area contributed by atoms with E-state index in [1.807, 2.05) is 30.5 Å². The Balaban J connectivity index is 1.72. The van der Waals surface area contributed by atoms with Crippen molar-refractivity contribution in [3.05, 3.63) is 30.5 Å². The SMILES string of the molecule is c1ccc2nc(OCC3CCCC3)ncc2c1. The van der Waals surface area contributed by atoms with Crippen LogP contribution in [0.5, 0.6) is 6.01 Å². The van der Waals surface area contributed by atoms with Crippen LogP contribution in [0.2, 0.25) is 0 Å². The molecule has 88 valence electrons. The van der Waals surface area contributed by atoms with Gasteiger partial charge in [0.25, 0.3) is 0 Å². The number of nitrogens with zero attached hydrogens (tertiary/aromatic N) is 2. The summed E-state index contributed by atoms with van der Waals surface area (Å²) in [4.78, 5) is 8.64. The predicted molar refractivity (Wildman–Crippen MR) is 67.0 cm³/mol. The summed E-state index contributed by atoms with van der Waals surface area (Å²) in [5.41, 5.74) is 0.948. The van der Waals surface area contributed by atoms with Crippen molar-refractivity contribution in [3.8, 4) is 6.01 Å². The molecule has 0 amide bonds. The van der Waals surface area contributed by atoms with Crippen molar-refractivity contribution in [1.29, 1.82) is 0 Å². The maximum atomic E-state index is 5.68. The molecule has 17 heavy (non-hydrogen) atoms. The minimum atomic E-state index is 0.510. The van der Waals surface area contributed by atoms with Crippen LogP contribution in [0.4, 0.5) is 0 Å². The van der Waals surface area contributed by atoms with Crippen LogP contribution in [0.3, 0.4) is 0 Å². The van der Waals surface area contributed by atoms with Gasteiger partial charge in [-0.05, 0) is 24.8 Å². The molecule has 3 rings (SSSR count). The van der Waals surface area contributed by atoms with Gasteiger partial charge in [-0.25, -0.2) is 4.98 Å². The van der Waals surface area contributed by atoms with E-state index in [0.29, 0.717) is 11.9 Å². The Bertz CT molecular complexity index is 506. The summed E-state index contributed by atoms with van der Waals surface area (Å²) in [7, 11) is 0. The summed E-state index contributed by atoms with van der Waals surface area (Å²) in [5, 5.41) is 1.06. The molecule has 1 aromatic carbocycles. The van der Waals surface area contributed by atoms with E-state index in [2.05, 4.69) is 9.97 Å². The molecule has 0 spiro atoms. The Morgan fingerprint density at radius 2 is 2.00 bits per heavy atom. The largest absolute Gasteiger partial charge is 0.463 e. The van der Waals surface area contributed by atoms with E-state index in [4.69, 9.17) is 4.74 Å². The highest BCUT2D eigenvalue weighted by molar-refractivity contribution is 5.77. The van der Waals surface area contributed by atoms with Gasteiger partial charge in [0.15, 0.2) is 0 Å². The molecular formula is C14H16N2O. The first kappa shape index (κ1) is 10.5. The van der Waals surface area contributed by atoms with E-state index in [0.717, 1.165) is 17.5 Å². The molecule has 0 saturated heterocycles. The molecule has 1 aliphatic rings. The van der Waals surface area contributed by atoms with Gasteiger partial charge in [0.05, 0.1) is 12.1 Å². The van der Waals surface area contributed by atoms with Gasteiger partial charge in [-0.1, -0.05) is 31.0 Å². The van der Waals surface area contributed by atoms with E-state index < -0.39 is 0 Å². The van der Waals surface area contributed by atoms with Crippen molar-refractivity contribution < 1.29 is 4.74 Å². The maximum Gasteiger partial charge on any atom is 0.316 e. The molecule has 0 radical (unpaired) electrons. The molecule has 3 nitrogen and oxygen atoms in total. The van der Waals surface area contributed by atoms with Crippen molar-refractivity contribution in [3.63, 3.8) is 0 Å². The fourth-order valence-electron chi connectivity index (χ4n) is 2.39. The second kappa shape index (κ2) is 4.70. The summed E-state index contributed by atoms with van der Waals surface area (Å²) >= 11 is 0. The first-order chi connectivity index (χ1) is 8.42. The number of ether oxygens (including phenoxy) is 1. The lowest BCUT2D eigenvalue weighted by Crippen LogP contribution is -2.09. The van der Waals surface area contributed by atoms with Crippen molar-refractivity contribution in [2.45, 2.75) is 25.7 Å². The number of hydrogen-bond donors (Lipinski definition) is 0. The number of benzene rings is 1. The molecule has 2 aromatic rings. The minimum Gasteiger partial charge on any atom is -0.463 e. The van der Waals surface area contributed by atoms with Crippen LogP contribution in [-0.4, -0.2) is 16.6 Å². The van der Waals surface area contributed by atoms with Gasteiger partial charge in [0.1, 0.15) is 0 Å². The van der Waals surface area contributed by atoms with Gasteiger partial charge in [-0.2, -0.15) is 4.98 Å². The van der Waals surface area contributed by atoms with E-state index in [1.54, 1.807) is 0 Å². The van der Waals surface area contributed by atoms with Crippen LogP contribution in [-0.2, 0) is 0 Å². The Hall–Kier alpha value is -1.64. The molecule has 0 unspecified atom stereocenters. The normalized spacial score (nSPS) is 16.5. The molecule has 1 fully saturated rings. The lowest BCUT2D eigenvalue weighted by molar-refractivity contribution is 0.235. The fourth-order valence-corrected chi connectivity index (χ4v) is 2.39. The summed E-state index contributed by atoms with van der Waals surface area (Å²) in [5.74, 6) is 0.699. The maximum absolute atomic E-state index is 5.68. The number of rotatable bonds is 3. The summed E-state index contributed by atoms with van der Waals surface area (Å²) in [6.45, 7) is 0.762. The Labute approximate surface area is 101 Å². The van der Waals surface area contributed by atoms with Crippen LogP contribution in [0.25, 0.3) is 10.9 Å². The second-order valence-electron chi connectivity index (χ2n) is 4.67. The van der Waals surface area contributed by atoms with Gasteiger partial charge < -0.3 is 4.74 Å². The average Bonchev–Trinajstić information content (AvgIpc) is 2.89. The van der Waals surface area contributed by atoms with Crippen molar-refractivity contribution in [1.82, 2.24) is 9.97 Å². The summed E-state index contributed by atoms with van der Waals surface area (Å²) in [6.07, 6.45) is 7.08. The lowest BCUT2D eigenvalue weighted by Gasteiger charge is -2.09. The van der Waals surface area contributed by atoms with Crippen LogP contribution >= 0.6 is 0 Å². The minimum absolute atomic E-state index is 0.510. The van der Waals surface area contributed by atoms with Crippen LogP contribution in [0, 0.1) is 5.92 Å². The summed E-state index contributed by atoms with van der Waals surface area (Å²) < 4.78 is 5.68. The molecule has 0 N–H and O–H groups in total. The van der Waals surface area contributed by atoms with Gasteiger partial charge in [0.2, 0.25) is 0 Å². The fraction of sp³-hybridized carbons (Fsp3) is 0.429. The molecule has 3 heteroatoms. The topological polar surface area (TPSA) is 35.0 Å². The molecular weight excluding hydrogens is 212 g/mol. The van der Waals surface area contributed by atoms with E-state index in [9.17, 15) is 0 Å². The number of hydrogen-bond acceptors (Lipinski definition) is 3. The Morgan fingerprint density at radius 3 is 2.88 bits per heavy atom. The van der Waals surface area contributed by atoms with E-state index in [-0.39, 0.29) is 0 Å². The van der Waals surface area contributed by atoms with Crippen LogP contribution < -0.4 is 4.74 Å². The monoisotopic (exact) mass is 228 g/mol. The third kappa shape index (κ3) is 2.38. The quantitative estimate of drug-likeness (QED) is 0.809. The second-order valence-corrected chi connectivity index (χ2v) is 4.67. The van der Waals surface area contributed by atoms with Crippen molar-refractivity contribution >= 4 is 10.9 Å². The third-order valence-corrected chi connectivity index (χ3v) is 3.39. The molecule has 0 bridgehead atoms. The first-order valence-corrected chi connectivity index (χ1v) is 6.26. The zero-order valence-electron chi connectivity index (χ0n) is 9.80. The molecule has 1 heterocycles. The van der Waals surface area contributed by atoms with Crippen molar-refractivity contribution in [2.75, 3.05) is 6.61 Å². The molecule has 1 aliphatic carbocycles. The zero-order valence-corrected chi connectivity index (χ0v) is 9.80. The molecule has 1 aromatic heterocycles. The number of aromatic nitrogens is 2. The zero-order chi connectivity index (χ0) is 11.5. The first-order valence-electron chi connectivity index (χ1n) is 6.26. The standard InChI is InChI=1S/C14H16N2O/c1-2-6-11(5-1)10-17-14-15-9-12-7-3-4-8-13(12)16-14/h3-4,7-9,11H,1-2,5-6,10H2. The number of fused-ring (bicyclic) bond motifs is 1. The Morgan fingerprint density at radius 1 is 1.18 bits per heavy atom. The molecule has 0 atom stereocenters. The average molecular weight is 228 g/mol. The number of para-hydroxylation sites is 1.